The highest BCUT2D eigenvalue weighted by atomic mass is 16.2. The van der Waals surface area contributed by atoms with Gasteiger partial charge in [-0.25, -0.2) is 9.78 Å². The summed E-state index contributed by atoms with van der Waals surface area (Å²) in [6, 6.07) is 16.1. The second-order valence-corrected chi connectivity index (χ2v) is 7.25. The molecule has 5 nitrogen and oxygen atoms in total. The van der Waals surface area contributed by atoms with E-state index in [0.717, 1.165) is 54.0 Å². The van der Waals surface area contributed by atoms with E-state index >= 15 is 0 Å². The van der Waals surface area contributed by atoms with Gasteiger partial charge in [0.1, 0.15) is 12.9 Å². The molecule has 0 aliphatic carbocycles. The molecule has 1 saturated heterocycles. The molecular formula is C22H25N4O+. The SMILES string of the molecule is Cc1nc2ccccc2n1Cc1ccc(C(=O)[N+](C)=CC2CCNC2)cc1. The lowest BCUT2D eigenvalue weighted by atomic mass is 10.1. The number of hydrogen-bond donors (Lipinski definition) is 1. The number of aryl methyl sites for hydroxylation is 1. The van der Waals surface area contributed by atoms with Gasteiger partial charge in [-0.05, 0) is 49.7 Å². The number of nitrogens with zero attached hydrogens (tertiary/aromatic N) is 3. The number of amides is 1. The van der Waals surface area contributed by atoms with E-state index in [0.29, 0.717) is 5.92 Å². The third-order valence-corrected chi connectivity index (χ3v) is 5.24. The van der Waals surface area contributed by atoms with Crippen LogP contribution >= 0.6 is 0 Å². The predicted octanol–water partition coefficient (Wildman–Crippen LogP) is 2.86. The van der Waals surface area contributed by atoms with Crippen molar-refractivity contribution in [1.29, 1.82) is 0 Å². The minimum absolute atomic E-state index is 0.0395. The van der Waals surface area contributed by atoms with E-state index in [9.17, 15) is 4.79 Å². The summed E-state index contributed by atoms with van der Waals surface area (Å²) >= 11 is 0. The highest BCUT2D eigenvalue weighted by Gasteiger charge is 2.21. The van der Waals surface area contributed by atoms with E-state index in [4.69, 9.17) is 0 Å². The minimum atomic E-state index is 0.0395. The minimum Gasteiger partial charge on any atom is -0.324 e. The van der Waals surface area contributed by atoms with E-state index in [-0.39, 0.29) is 5.91 Å². The van der Waals surface area contributed by atoms with Crippen molar-refractivity contribution in [2.75, 3.05) is 20.1 Å². The van der Waals surface area contributed by atoms with Gasteiger partial charge in [0.2, 0.25) is 0 Å². The molecule has 1 amide bonds. The van der Waals surface area contributed by atoms with Crippen molar-refractivity contribution in [2.45, 2.75) is 19.9 Å². The lowest BCUT2D eigenvalue weighted by Crippen LogP contribution is -2.22. The molecule has 1 atom stereocenters. The van der Waals surface area contributed by atoms with Gasteiger partial charge in [0.25, 0.3) is 0 Å². The van der Waals surface area contributed by atoms with Crippen molar-refractivity contribution in [3.05, 3.63) is 65.5 Å². The lowest BCUT2D eigenvalue weighted by Gasteiger charge is -2.07. The first-order chi connectivity index (χ1) is 13.1. The Morgan fingerprint density at radius 2 is 2.04 bits per heavy atom. The van der Waals surface area contributed by atoms with Crippen LogP contribution in [0.4, 0.5) is 0 Å². The lowest BCUT2D eigenvalue weighted by molar-refractivity contribution is -0.391. The summed E-state index contributed by atoms with van der Waals surface area (Å²) in [6.07, 6.45) is 3.13. The van der Waals surface area contributed by atoms with Crippen LogP contribution in [0.5, 0.6) is 0 Å². The van der Waals surface area contributed by atoms with Crippen LogP contribution in [-0.4, -0.2) is 46.4 Å². The van der Waals surface area contributed by atoms with Gasteiger partial charge in [0, 0.05) is 13.1 Å². The number of para-hydroxylation sites is 2. The van der Waals surface area contributed by atoms with Gasteiger partial charge in [-0.3, -0.25) is 0 Å². The smallest absolute Gasteiger partial charge is 0.324 e. The molecule has 1 fully saturated rings. The quantitative estimate of drug-likeness (QED) is 0.574. The average Bonchev–Trinajstić information content (AvgIpc) is 3.30. The average molecular weight is 361 g/mol. The molecule has 0 radical (unpaired) electrons. The summed E-state index contributed by atoms with van der Waals surface area (Å²) in [7, 11) is 1.84. The molecule has 27 heavy (non-hydrogen) atoms. The molecule has 1 aliphatic heterocycles. The zero-order valence-corrected chi connectivity index (χ0v) is 15.9. The van der Waals surface area contributed by atoms with E-state index in [1.165, 1.54) is 0 Å². The Morgan fingerprint density at radius 3 is 2.78 bits per heavy atom. The van der Waals surface area contributed by atoms with Crippen LogP contribution in [0, 0.1) is 12.8 Å². The largest absolute Gasteiger partial charge is 0.418 e. The third kappa shape index (κ3) is 3.69. The second kappa shape index (κ2) is 7.45. The number of carbonyl (C=O) groups is 1. The standard InChI is InChI=1S/C22H25N4O/c1-16-24-20-5-3-4-6-21(20)26(16)15-17-7-9-19(10-8-17)22(27)25(2)14-18-11-12-23-13-18/h3-10,14,18,23H,11-13,15H2,1-2H3/q+1. The van der Waals surface area contributed by atoms with Gasteiger partial charge in [0.05, 0.1) is 22.5 Å². The molecular weight excluding hydrogens is 336 g/mol. The van der Waals surface area contributed by atoms with Crippen LogP contribution < -0.4 is 5.32 Å². The molecule has 0 saturated carbocycles. The number of nitrogens with one attached hydrogen (secondary N) is 1. The van der Waals surface area contributed by atoms with Crippen LogP contribution in [0.15, 0.2) is 48.5 Å². The summed E-state index contributed by atoms with van der Waals surface area (Å²) in [5.74, 6) is 1.48. The number of fused-ring (bicyclic) bond motifs is 1. The van der Waals surface area contributed by atoms with E-state index in [2.05, 4.69) is 20.9 Å². The van der Waals surface area contributed by atoms with E-state index < -0.39 is 0 Å². The molecule has 3 aromatic rings. The molecule has 1 aromatic heterocycles. The Labute approximate surface area is 159 Å². The van der Waals surface area contributed by atoms with Gasteiger partial charge in [-0.15, -0.1) is 0 Å². The Morgan fingerprint density at radius 1 is 1.26 bits per heavy atom. The highest BCUT2D eigenvalue weighted by Crippen LogP contribution is 2.18. The number of benzene rings is 2. The van der Waals surface area contributed by atoms with Gasteiger partial charge >= 0.3 is 5.91 Å². The maximum atomic E-state index is 12.6. The molecule has 4 rings (SSSR count). The maximum absolute atomic E-state index is 12.6. The maximum Gasteiger partial charge on any atom is 0.418 e. The zero-order chi connectivity index (χ0) is 18.8. The first kappa shape index (κ1) is 17.6. The number of imidazole rings is 1. The van der Waals surface area contributed by atoms with Crippen LogP contribution in [0.25, 0.3) is 11.0 Å². The monoisotopic (exact) mass is 361 g/mol. The van der Waals surface area contributed by atoms with Crippen molar-refractivity contribution in [1.82, 2.24) is 14.9 Å². The fourth-order valence-corrected chi connectivity index (χ4v) is 3.72. The molecule has 1 unspecified atom stereocenters. The number of carbonyl (C=O) groups excluding carboxylic acids is 1. The van der Waals surface area contributed by atoms with Crippen molar-refractivity contribution in [3.63, 3.8) is 0 Å². The van der Waals surface area contributed by atoms with Crippen molar-refractivity contribution in [2.24, 2.45) is 5.92 Å². The van der Waals surface area contributed by atoms with Gasteiger partial charge in [-0.1, -0.05) is 24.3 Å². The number of hydrogen-bond acceptors (Lipinski definition) is 3. The van der Waals surface area contributed by atoms with Gasteiger partial charge in [-0.2, -0.15) is 4.58 Å². The van der Waals surface area contributed by atoms with E-state index in [1.807, 2.05) is 62.7 Å². The summed E-state index contributed by atoms with van der Waals surface area (Å²) < 4.78 is 3.93. The topological polar surface area (TPSA) is 49.9 Å². The molecule has 138 valence electrons. The molecule has 5 heteroatoms. The van der Waals surface area contributed by atoms with Crippen molar-refractivity contribution >= 4 is 23.2 Å². The van der Waals surface area contributed by atoms with Gasteiger partial charge < -0.3 is 9.88 Å². The van der Waals surface area contributed by atoms with Crippen molar-refractivity contribution < 1.29 is 9.37 Å². The molecule has 2 aromatic carbocycles. The van der Waals surface area contributed by atoms with Crippen LogP contribution in [-0.2, 0) is 6.54 Å². The van der Waals surface area contributed by atoms with Crippen LogP contribution in [0.1, 0.15) is 28.2 Å². The van der Waals surface area contributed by atoms with Crippen LogP contribution in [0.2, 0.25) is 0 Å². The number of rotatable bonds is 4. The number of aromatic nitrogens is 2. The Balaban J connectivity index is 1.52. The fraction of sp³-hybridized carbons (Fsp3) is 0.318. The first-order valence-corrected chi connectivity index (χ1v) is 9.45. The van der Waals surface area contributed by atoms with E-state index in [1.54, 1.807) is 4.58 Å². The molecule has 0 spiro atoms. The fourth-order valence-electron chi connectivity index (χ4n) is 3.72. The first-order valence-electron chi connectivity index (χ1n) is 9.45. The summed E-state index contributed by atoms with van der Waals surface area (Å²) in [5, 5.41) is 3.33. The third-order valence-electron chi connectivity index (χ3n) is 5.24. The summed E-state index contributed by atoms with van der Waals surface area (Å²) in [6.45, 7) is 4.76. The molecule has 1 N–H and O–H groups in total. The van der Waals surface area contributed by atoms with Crippen LogP contribution in [0.3, 0.4) is 0 Å². The summed E-state index contributed by atoms with van der Waals surface area (Å²) in [5.41, 5.74) is 4.02. The van der Waals surface area contributed by atoms with Gasteiger partial charge in [0.15, 0.2) is 6.21 Å². The molecule has 2 heterocycles. The molecule has 0 bridgehead atoms. The normalized spacial score (nSPS) is 17.6. The zero-order valence-electron chi connectivity index (χ0n) is 15.9. The Bertz CT molecular complexity index is 995. The second-order valence-electron chi connectivity index (χ2n) is 7.25. The Kier molecular flexibility index (Phi) is 4.86. The Hall–Kier alpha value is -2.79. The predicted molar refractivity (Wildman–Crippen MR) is 108 cm³/mol. The van der Waals surface area contributed by atoms with Crippen molar-refractivity contribution in [3.8, 4) is 0 Å². The molecule has 1 aliphatic rings. The highest BCUT2D eigenvalue weighted by molar-refractivity contribution is 5.89. The summed E-state index contributed by atoms with van der Waals surface area (Å²) in [4.78, 5) is 17.3.